The van der Waals surface area contributed by atoms with Crippen LogP contribution in [0.5, 0.6) is 0 Å². The highest BCUT2D eigenvalue weighted by atomic mass is 79.9. The molecule has 2 nitrogen and oxygen atoms in total. The first kappa shape index (κ1) is 14.2. The van der Waals surface area contributed by atoms with Crippen LogP contribution in [0.25, 0.3) is 11.3 Å². The lowest BCUT2D eigenvalue weighted by Crippen LogP contribution is -2.49. The van der Waals surface area contributed by atoms with E-state index in [0.29, 0.717) is 0 Å². The fraction of sp³-hybridized carbons (Fsp3) is 0.500. The smallest absolute Gasteiger partial charge is 0.135 e. The van der Waals surface area contributed by atoms with Crippen LogP contribution in [0.15, 0.2) is 41.0 Å². The van der Waals surface area contributed by atoms with E-state index >= 15 is 0 Å². The van der Waals surface area contributed by atoms with Gasteiger partial charge in [0.05, 0.1) is 5.69 Å². The largest absolute Gasteiger partial charge is 0.241 e. The van der Waals surface area contributed by atoms with Crippen LogP contribution in [0.2, 0.25) is 0 Å². The Morgan fingerprint density at radius 1 is 0.870 bits per heavy atom. The van der Waals surface area contributed by atoms with Crippen LogP contribution in [0.4, 0.5) is 0 Å². The third-order valence-corrected chi connectivity index (χ3v) is 6.84. The molecule has 0 N–H and O–H groups in total. The van der Waals surface area contributed by atoms with Gasteiger partial charge in [0.2, 0.25) is 0 Å². The van der Waals surface area contributed by atoms with E-state index in [9.17, 15) is 0 Å². The lowest BCUT2D eigenvalue weighted by molar-refractivity contribution is -0.00935. The van der Waals surface area contributed by atoms with Gasteiger partial charge in [0.1, 0.15) is 5.82 Å². The first-order chi connectivity index (χ1) is 11.2. The normalized spacial score (nSPS) is 34.7. The standard InChI is InChI=1S/C20H21BrN2/c21-17-3-1-16(2-4-17)18-5-6-22-19(23-18)20-10-13-7-14(11-20)9-15(8-13)12-20/h1-6,13-15H,7-12H2. The minimum Gasteiger partial charge on any atom is -0.241 e. The van der Waals surface area contributed by atoms with E-state index in [1.807, 2.05) is 12.3 Å². The molecular formula is C20H21BrN2. The molecule has 3 heteroatoms. The van der Waals surface area contributed by atoms with Crippen molar-refractivity contribution in [1.29, 1.82) is 0 Å². The molecule has 0 spiro atoms. The predicted octanol–water partition coefficient (Wildman–Crippen LogP) is 5.37. The minimum absolute atomic E-state index is 0.278. The molecule has 4 fully saturated rings. The predicted molar refractivity (Wildman–Crippen MR) is 95.0 cm³/mol. The Kier molecular flexibility index (Phi) is 3.16. The monoisotopic (exact) mass is 368 g/mol. The molecular weight excluding hydrogens is 348 g/mol. The molecule has 0 saturated heterocycles. The zero-order valence-electron chi connectivity index (χ0n) is 13.2. The summed E-state index contributed by atoms with van der Waals surface area (Å²) in [7, 11) is 0. The average molecular weight is 369 g/mol. The van der Waals surface area contributed by atoms with Crippen LogP contribution in [-0.4, -0.2) is 9.97 Å². The molecule has 0 unspecified atom stereocenters. The fourth-order valence-electron chi connectivity index (χ4n) is 5.78. The highest BCUT2D eigenvalue weighted by Gasteiger charge is 2.53. The van der Waals surface area contributed by atoms with Crippen molar-refractivity contribution < 1.29 is 0 Å². The number of hydrogen-bond donors (Lipinski definition) is 0. The van der Waals surface area contributed by atoms with Crippen LogP contribution in [0, 0.1) is 17.8 Å². The van der Waals surface area contributed by atoms with Crippen LogP contribution in [0.3, 0.4) is 0 Å². The van der Waals surface area contributed by atoms with Gasteiger partial charge in [-0.1, -0.05) is 28.1 Å². The molecule has 1 aromatic carbocycles. The van der Waals surface area contributed by atoms with E-state index in [2.05, 4.69) is 40.2 Å². The van der Waals surface area contributed by atoms with Crippen molar-refractivity contribution in [2.45, 2.75) is 43.9 Å². The average Bonchev–Trinajstić information content (AvgIpc) is 2.54. The van der Waals surface area contributed by atoms with Crippen LogP contribution in [0.1, 0.15) is 44.3 Å². The number of nitrogens with zero attached hydrogens (tertiary/aromatic N) is 2. The Morgan fingerprint density at radius 2 is 1.48 bits per heavy atom. The summed E-state index contributed by atoms with van der Waals surface area (Å²) < 4.78 is 1.11. The molecule has 1 heterocycles. The second-order valence-corrected chi connectivity index (χ2v) is 8.89. The number of rotatable bonds is 2. The first-order valence-electron chi connectivity index (χ1n) is 8.80. The molecule has 4 saturated carbocycles. The molecule has 0 amide bonds. The van der Waals surface area contributed by atoms with Gasteiger partial charge in [0.15, 0.2) is 0 Å². The van der Waals surface area contributed by atoms with Gasteiger partial charge in [-0.2, -0.15) is 0 Å². The van der Waals surface area contributed by atoms with Crippen LogP contribution < -0.4 is 0 Å². The number of hydrogen-bond acceptors (Lipinski definition) is 2. The highest BCUT2D eigenvalue weighted by molar-refractivity contribution is 9.10. The summed E-state index contributed by atoms with van der Waals surface area (Å²) in [5, 5.41) is 0. The summed E-state index contributed by atoms with van der Waals surface area (Å²) in [6.45, 7) is 0. The lowest BCUT2D eigenvalue weighted by atomic mass is 9.49. The van der Waals surface area contributed by atoms with Crippen molar-refractivity contribution in [1.82, 2.24) is 9.97 Å². The maximum atomic E-state index is 5.04. The molecule has 4 bridgehead atoms. The SMILES string of the molecule is Brc1ccc(-c2ccnc(C34CC5CC(CC(C5)C3)C4)n2)cc1. The third kappa shape index (κ3) is 2.36. The van der Waals surface area contributed by atoms with E-state index in [0.717, 1.165) is 33.7 Å². The molecule has 4 aliphatic rings. The molecule has 6 rings (SSSR count). The Labute approximate surface area is 145 Å². The van der Waals surface area contributed by atoms with Crippen molar-refractivity contribution in [2.75, 3.05) is 0 Å². The molecule has 23 heavy (non-hydrogen) atoms. The second kappa shape index (κ2) is 5.14. The summed E-state index contributed by atoms with van der Waals surface area (Å²) in [6.07, 6.45) is 10.3. The minimum atomic E-state index is 0.278. The van der Waals surface area contributed by atoms with Crippen molar-refractivity contribution in [3.05, 3.63) is 46.8 Å². The highest BCUT2D eigenvalue weighted by Crippen LogP contribution is 2.60. The Bertz CT molecular complexity index is 702. The first-order valence-corrected chi connectivity index (χ1v) is 9.59. The van der Waals surface area contributed by atoms with Crippen LogP contribution in [-0.2, 0) is 5.41 Å². The molecule has 2 aromatic rings. The van der Waals surface area contributed by atoms with Crippen molar-refractivity contribution in [3.8, 4) is 11.3 Å². The van der Waals surface area contributed by atoms with E-state index in [1.54, 1.807) is 0 Å². The van der Waals surface area contributed by atoms with E-state index in [4.69, 9.17) is 9.97 Å². The topological polar surface area (TPSA) is 25.8 Å². The fourth-order valence-corrected chi connectivity index (χ4v) is 6.04. The molecule has 0 atom stereocenters. The summed E-state index contributed by atoms with van der Waals surface area (Å²) >= 11 is 3.51. The van der Waals surface area contributed by atoms with Gasteiger partial charge in [0.25, 0.3) is 0 Å². The zero-order valence-corrected chi connectivity index (χ0v) is 14.8. The van der Waals surface area contributed by atoms with Crippen molar-refractivity contribution in [3.63, 3.8) is 0 Å². The van der Waals surface area contributed by atoms with E-state index in [-0.39, 0.29) is 5.41 Å². The third-order valence-electron chi connectivity index (χ3n) is 6.31. The second-order valence-electron chi connectivity index (χ2n) is 7.97. The van der Waals surface area contributed by atoms with Gasteiger partial charge in [0, 0.05) is 21.6 Å². The number of benzene rings is 1. The molecule has 0 radical (unpaired) electrons. The maximum absolute atomic E-state index is 5.04. The van der Waals surface area contributed by atoms with Crippen molar-refractivity contribution in [2.24, 2.45) is 17.8 Å². The zero-order chi connectivity index (χ0) is 15.4. The Balaban J connectivity index is 1.54. The van der Waals surface area contributed by atoms with E-state index < -0.39 is 0 Å². The number of aromatic nitrogens is 2. The maximum Gasteiger partial charge on any atom is 0.135 e. The summed E-state index contributed by atoms with van der Waals surface area (Å²) in [4.78, 5) is 9.79. The van der Waals surface area contributed by atoms with E-state index in [1.165, 1.54) is 44.1 Å². The Hall–Kier alpha value is -1.22. The molecule has 4 aliphatic carbocycles. The van der Waals surface area contributed by atoms with Crippen LogP contribution >= 0.6 is 15.9 Å². The molecule has 1 aromatic heterocycles. The van der Waals surface area contributed by atoms with Crippen molar-refractivity contribution >= 4 is 15.9 Å². The van der Waals surface area contributed by atoms with Gasteiger partial charge >= 0.3 is 0 Å². The summed E-state index contributed by atoms with van der Waals surface area (Å²) in [5.74, 6) is 3.92. The lowest BCUT2D eigenvalue weighted by Gasteiger charge is -2.56. The quantitative estimate of drug-likeness (QED) is 0.711. The molecule has 118 valence electrons. The summed E-state index contributed by atoms with van der Waals surface area (Å²) in [5.41, 5.74) is 2.53. The van der Waals surface area contributed by atoms with Gasteiger partial charge in [-0.3, -0.25) is 0 Å². The number of halogens is 1. The molecule has 0 aliphatic heterocycles. The van der Waals surface area contributed by atoms with Gasteiger partial charge in [-0.25, -0.2) is 9.97 Å². The Morgan fingerprint density at radius 3 is 2.09 bits per heavy atom. The van der Waals surface area contributed by atoms with Gasteiger partial charge < -0.3 is 0 Å². The van der Waals surface area contributed by atoms with Gasteiger partial charge in [-0.15, -0.1) is 0 Å². The van der Waals surface area contributed by atoms with Gasteiger partial charge in [-0.05, 0) is 74.5 Å². The summed E-state index contributed by atoms with van der Waals surface area (Å²) in [6, 6.07) is 10.5.